The zero-order valence-corrected chi connectivity index (χ0v) is 19.0. The summed E-state index contributed by atoms with van der Waals surface area (Å²) >= 11 is 5.77. The highest BCUT2D eigenvalue weighted by Gasteiger charge is 2.41. The van der Waals surface area contributed by atoms with Crippen molar-refractivity contribution in [2.45, 2.75) is 19.0 Å². The van der Waals surface area contributed by atoms with Crippen molar-refractivity contribution in [3.63, 3.8) is 0 Å². The molecule has 2 atom stereocenters. The van der Waals surface area contributed by atoms with Crippen LogP contribution in [0.5, 0.6) is 5.75 Å². The predicted molar refractivity (Wildman–Crippen MR) is 128 cm³/mol. The lowest BCUT2D eigenvalue weighted by Crippen LogP contribution is -2.36. The van der Waals surface area contributed by atoms with Crippen LogP contribution in [0.1, 0.15) is 30.4 Å². The normalized spacial score (nSPS) is 18.5. The van der Waals surface area contributed by atoms with Gasteiger partial charge in [-0.05, 0) is 81.8 Å². The van der Waals surface area contributed by atoms with Crippen LogP contribution in [0, 0.1) is 0 Å². The summed E-state index contributed by atoms with van der Waals surface area (Å²) in [6.07, 6.45) is 3.94. The number of likely N-dealkylation sites (N-methyl/N-ethyl adjacent to an activating group) is 1. The Morgan fingerprint density at radius 3 is 2.58 bits per heavy atom. The molecule has 7 heteroatoms. The minimum absolute atomic E-state index is 0.0211. The van der Waals surface area contributed by atoms with Crippen molar-refractivity contribution in [1.29, 1.82) is 0 Å². The molecule has 31 heavy (non-hydrogen) atoms. The Balaban J connectivity index is 1.73. The molecule has 1 aromatic carbocycles. The van der Waals surface area contributed by atoms with Crippen molar-refractivity contribution in [3.8, 4) is 11.4 Å². The fourth-order valence-corrected chi connectivity index (χ4v) is 4.35. The first-order valence-electron chi connectivity index (χ1n) is 10.6. The smallest absolute Gasteiger partial charge is 0.170 e. The molecule has 0 saturated carbocycles. The Bertz CT molecular complexity index is 1000. The molecule has 4 rings (SSSR count). The highest BCUT2D eigenvalue weighted by atomic mass is 32.1. The molecule has 3 aromatic rings. The van der Waals surface area contributed by atoms with Gasteiger partial charge in [-0.25, -0.2) is 0 Å². The maximum Gasteiger partial charge on any atom is 0.170 e. The average Bonchev–Trinajstić information content (AvgIpc) is 3.38. The number of benzene rings is 1. The van der Waals surface area contributed by atoms with Gasteiger partial charge in [0.1, 0.15) is 5.75 Å². The SMILES string of the molecule is CCOc1ccc(-n2cccc2[C@H]2[C@H](c3ccccn3)NC(=S)N2CCN(C)C)cc1. The fourth-order valence-electron chi connectivity index (χ4n) is 4.02. The average molecular weight is 436 g/mol. The van der Waals surface area contributed by atoms with Crippen molar-refractivity contribution in [1.82, 2.24) is 24.7 Å². The Hall–Kier alpha value is -2.90. The topological polar surface area (TPSA) is 45.6 Å². The lowest BCUT2D eigenvalue weighted by Gasteiger charge is -2.29. The van der Waals surface area contributed by atoms with E-state index in [0.29, 0.717) is 6.61 Å². The molecule has 1 fully saturated rings. The van der Waals surface area contributed by atoms with Crippen molar-refractivity contribution in [3.05, 3.63) is 78.4 Å². The van der Waals surface area contributed by atoms with E-state index in [1.165, 1.54) is 5.69 Å². The molecule has 0 spiro atoms. The van der Waals surface area contributed by atoms with Crippen LogP contribution in [0.15, 0.2) is 67.0 Å². The van der Waals surface area contributed by atoms with E-state index in [0.717, 1.165) is 35.3 Å². The molecule has 1 saturated heterocycles. The summed E-state index contributed by atoms with van der Waals surface area (Å²) in [5.41, 5.74) is 3.25. The number of nitrogens with one attached hydrogen (secondary N) is 1. The van der Waals surface area contributed by atoms with Gasteiger partial charge < -0.3 is 24.4 Å². The highest BCUT2D eigenvalue weighted by molar-refractivity contribution is 7.80. The monoisotopic (exact) mass is 435 g/mol. The van der Waals surface area contributed by atoms with Crippen LogP contribution >= 0.6 is 12.2 Å². The maximum absolute atomic E-state index is 5.77. The van der Waals surface area contributed by atoms with Gasteiger partial charge in [0.25, 0.3) is 0 Å². The number of hydrogen-bond acceptors (Lipinski definition) is 4. The van der Waals surface area contributed by atoms with E-state index in [1.54, 1.807) is 0 Å². The Morgan fingerprint density at radius 2 is 1.90 bits per heavy atom. The van der Waals surface area contributed by atoms with Crippen LogP contribution in [-0.2, 0) is 0 Å². The van der Waals surface area contributed by atoms with E-state index < -0.39 is 0 Å². The van der Waals surface area contributed by atoms with Crippen LogP contribution in [0.4, 0.5) is 0 Å². The number of aromatic nitrogens is 2. The fraction of sp³-hybridized carbons (Fsp3) is 0.333. The first-order chi connectivity index (χ1) is 15.1. The Morgan fingerprint density at radius 1 is 1.10 bits per heavy atom. The molecule has 3 heterocycles. The summed E-state index contributed by atoms with van der Waals surface area (Å²) in [4.78, 5) is 9.10. The number of rotatable bonds is 8. The second-order valence-electron chi connectivity index (χ2n) is 7.85. The van der Waals surface area contributed by atoms with Crippen LogP contribution < -0.4 is 10.1 Å². The molecule has 2 aromatic heterocycles. The van der Waals surface area contributed by atoms with Gasteiger partial charge in [0.15, 0.2) is 5.11 Å². The molecular formula is C24H29N5OS. The van der Waals surface area contributed by atoms with E-state index >= 15 is 0 Å². The van der Waals surface area contributed by atoms with E-state index in [2.05, 4.69) is 75.3 Å². The number of ether oxygens (including phenoxy) is 1. The minimum atomic E-state index is -0.0211. The molecule has 0 unspecified atom stereocenters. The summed E-state index contributed by atoms with van der Waals surface area (Å²) in [6, 6.07) is 18.5. The molecule has 1 N–H and O–H groups in total. The third kappa shape index (κ3) is 4.57. The second kappa shape index (κ2) is 9.49. The van der Waals surface area contributed by atoms with Crippen molar-refractivity contribution >= 4 is 17.3 Å². The maximum atomic E-state index is 5.77. The summed E-state index contributed by atoms with van der Waals surface area (Å²) in [6.45, 7) is 4.40. The molecule has 0 radical (unpaired) electrons. The number of nitrogens with zero attached hydrogens (tertiary/aromatic N) is 4. The van der Waals surface area contributed by atoms with Crippen molar-refractivity contribution in [2.75, 3.05) is 33.8 Å². The van der Waals surface area contributed by atoms with Crippen LogP contribution in [0.3, 0.4) is 0 Å². The summed E-state index contributed by atoms with van der Waals surface area (Å²) in [7, 11) is 4.17. The van der Waals surface area contributed by atoms with Gasteiger partial charge in [-0.2, -0.15) is 0 Å². The molecule has 0 bridgehead atoms. The van der Waals surface area contributed by atoms with Gasteiger partial charge in [-0.15, -0.1) is 0 Å². The third-order valence-electron chi connectivity index (χ3n) is 5.50. The number of pyridine rings is 1. The van der Waals surface area contributed by atoms with E-state index in [1.807, 2.05) is 37.4 Å². The lowest BCUT2D eigenvalue weighted by molar-refractivity contribution is 0.272. The first-order valence-corrected chi connectivity index (χ1v) is 11.0. The molecule has 162 valence electrons. The first kappa shape index (κ1) is 21.3. The molecule has 0 aliphatic carbocycles. The summed E-state index contributed by atoms with van der Waals surface area (Å²) in [5.74, 6) is 0.877. The zero-order valence-electron chi connectivity index (χ0n) is 18.2. The predicted octanol–water partition coefficient (Wildman–Crippen LogP) is 3.81. The zero-order chi connectivity index (χ0) is 21.8. The lowest BCUT2D eigenvalue weighted by atomic mass is 10.0. The van der Waals surface area contributed by atoms with Gasteiger partial charge in [0.05, 0.1) is 24.4 Å². The Labute approximate surface area is 189 Å². The second-order valence-corrected chi connectivity index (χ2v) is 8.24. The van der Waals surface area contributed by atoms with Crippen molar-refractivity contribution < 1.29 is 4.74 Å². The standard InChI is InChI=1S/C24H29N5OS/c1-4-30-19-12-10-18(11-13-19)28-15-7-9-21(28)23-22(20-8-5-6-14-25-20)26-24(31)29(23)17-16-27(2)3/h5-15,22-23H,4,16-17H2,1-3H3,(H,26,31)/t22-,23-/m0/s1. The van der Waals surface area contributed by atoms with E-state index in [4.69, 9.17) is 17.0 Å². The van der Waals surface area contributed by atoms with Gasteiger partial charge >= 0.3 is 0 Å². The quantitative estimate of drug-likeness (QED) is 0.543. The van der Waals surface area contributed by atoms with Gasteiger partial charge in [0.2, 0.25) is 0 Å². The van der Waals surface area contributed by atoms with Crippen molar-refractivity contribution in [2.24, 2.45) is 0 Å². The van der Waals surface area contributed by atoms with Crippen LogP contribution in [0.2, 0.25) is 0 Å². The van der Waals surface area contributed by atoms with Gasteiger partial charge in [0, 0.05) is 36.9 Å². The van der Waals surface area contributed by atoms with E-state index in [-0.39, 0.29) is 12.1 Å². The highest BCUT2D eigenvalue weighted by Crippen LogP contribution is 2.39. The molecular weight excluding hydrogens is 406 g/mol. The minimum Gasteiger partial charge on any atom is -0.494 e. The van der Waals surface area contributed by atoms with E-state index in [9.17, 15) is 0 Å². The van der Waals surface area contributed by atoms with Crippen LogP contribution in [-0.4, -0.2) is 58.3 Å². The third-order valence-corrected chi connectivity index (χ3v) is 5.85. The molecule has 6 nitrogen and oxygen atoms in total. The molecule has 1 aliphatic rings. The van der Waals surface area contributed by atoms with Gasteiger partial charge in [-0.3, -0.25) is 4.98 Å². The molecule has 0 amide bonds. The molecule has 1 aliphatic heterocycles. The summed E-state index contributed by atoms with van der Waals surface area (Å²) < 4.78 is 7.84. The Kier molecular flexibility index (Phi) is 6.53. The number of hydrogen-bond donors (Lipinski definition) is 1. The largest absolute Gasteiger partial charge is 0.494 e. The number of thiocarbonyl (C=S) groups is 1. The van der Waals surface area contributed by atoms with Crippen LogP contribution in [0.25, 0.3) is 5.69 Å². The summed E-state index contributed by atoms with van der Waals surface area (Å²) in [5, 5.41) is 4.30. The van der Waals surface area contributed by atoms with Gasteiger partial charge in [-0.1, -0.05) is 6.07 Å².